The van der Waals surface area contributed by atoms with Gasteiger partial charge in [-0.2, -0.15) is 0 Å². The van der Waals surface area contributed by atoms with Crippen molar-refractivity contribution in [1.82, 2.24) is 9.66 Å². The number of rotatable bonds is 7. The Morgan fingerprint density at radius 1 is 0.880 bits per heavy atom. The fraction of sp³-hybridized carbons (Fsp3) is 0.211. The van der Waals surface area contributed by atoms with Crippen molar-refractivity contribution in [2.24, 2.45) is 0 Å². The second kappa shape index (κ2) is 7.94. The van der Waals surface area contributed by atoms with Crippen LogP contribution in [0.25, 0.3) is 0 Å². The number of imidazole rings is 1. The van der Waals surface area contributed by atoms with E-state index >= 15 is 0 Å². The molecule has 0 amide bonds. The van der Waals surface area contributed by atoms with Gasteiger partial charge in [0.25, 0.3) is 0 Å². The number of hydrogen-bond donors (Lipinski definition) is 0. The molecule has 0 saturated heterocycles. The van der Waals surface area contributed by atoms with Gasteiger partial charge in [-0.1, -0.05) is 24.3 Å². The molecule has 0 aliphatic heterocycles. The number of benzene rings is 2. The van der Waals surface area contributed by atoms with Crippen LogP contribution in [0.4, 0.5) is 0 Å². The summed E-state index contributed by atoms with van der Waals surface area (Å²) in [5, 5.41) is 2.56. The molecule has 2 aromatic carbocycles. The third-order valence-corrected chi connectivity index (χ3v) is 4.20. The molecule has 1 aromatic heterocycles. The Morgan fingerprint density at radius 3 is 1.72 bits per heavy atom. The number of halogens is 1. The molecule has 0 fully saturated rings. The smallest absolute Gasteiger partial charge is 0.221 e. The van der Waals surface area contributed by atoms with Crippen LogP contribution in [0.5, 0.6) is 11.5 Å². The van der Waals surface area contributed by atoms with Gasteiger partial charge in [0, 0.05) is 12.4 Å². The van der Waals surface area contributed by atoms with Crippen LogP contribution in [-0.2, 0) is 13.1 Å². The molecule has 5 nitrogen and oxygen atoms in total. The first-order chi connectivity index (χ1) is 12.2. The average Bonchev–Trinajstić information content (AvgIpc) is 3.08. The summed E-state index contributed by atoms with van der Waals surface area (Å²) in [5.74, 6) is 1.68. The highest BCUT2D eigenvalue weighted by Gasteiger charge is 2.11. The first kappa shape index (κ1) is 17.2. The number of hydrogen-bond acceptors (Lipinski definition) is 4. The van der Waals surface area contributed by atoms with E-state index in [2.05, 4.69) is 9.99 Å². The summed E-state index contributed by atoms with van der Waals surface area (Å²) in [6.07, 6.45) is 3.55. The monoisotopic (exact) mass is 357 g/mol. The predicted octanol–water partition coefficient (Wildman–Crippen LogP) is 3.89. The van der Waals surface area contributed by atoms with Crippen molar-refractivity contribution in [3.05, 3.63) is 77.3 Å². The van der Waals surface area contributed by atoms with Crippen molar-refractivity contribution in [2.45, 2.75) is 13.1 Å². The van der Waals surface area contributed by atoms with Crippen molar-refractivity contribution < 1.29 is 9.47 Å². The molecule has 1 heterocycles. The molecular weight excluding hydrogens is 338 g/mol. The molecular formula is C19H20ClN3O2. The van der Waals surface area contributed by atoms with Gasteiger partial charge >= 0.3 is 0 Å². The molecule has 0 unspecified atom stereocenters. The van der Waals surface area contributed by atoms with Gasteiger partial charge in [-0.05, 0) is 47.0 Å². The Hall–Kier alpha value is -2.66. The highest BCUT2D eigenvalue weighted by atomic mass is 35.5. The molecule has 0 aliphatic carbocycles. The van der Waals surface area contributed by atoms with E-state index in [0.29, 0.717) is 18.4 Å². The Bertz CT molecular complexity index is 751. The van der Waals surface area contributed by atoms with Crippen LogP contribution in [0.15, 0.2) is 60.9 Å². The van der Waals surface area contributed by atoms with E-state index in [4.69, 9.17) is 21.1 Å². The lowest BCUT2D eigenvalue weighted by Crippen LogP contribution is -2.33. The van der Waals surface area contributed by atoms with E-state index in [-0.39, 0.29) is 0 Å². The summed E-state index contributed by atoms with van der Waals surface area (Å²) in [6, 6.07) is 16.0. The van der Waals surface area contributed by atoms with Crippen LogP contribution in [0.1, 0.15) is 11.1 Å². The van der Waals surface area contributed by atoms with Gasteiger partial charge in [0.2, 0.25) is 5.28 Å². The second-order valence-corrected chi connectivity index (χ2v) is 5.90. The molecule has 0 saturated carbocycles. The zero-order valence-corrected chi connectivity index (χ0v) is 15.0. The lowest BCUT2D eigenvalue weighted by molar-refractivity contribution is 0.414. The quantitative estimate of drug-likeness (QED) is 0.643. The third kappa shape index (κ3) is 4.25. The van der Waals surface area contributed by atoms with E-state index in [1.807, 2.05) is 59.4 Å². The predicted molar refractivity (Wildman–Crippen MR) is 98.9 cm³/mol. The first-order valence-electron chi connectivity index (χ1n) is 7.89. The fourth-order valence-electron chi connectivity index (χ4n) is 2.58. The van der Waals surface area contributed by atoms with Crippen molar-refractivity contribution in [3.8, 4) is 11.5 Å². The van der Waals surface area contributed by atoms with Crippen molar-refractivity contribution in [2.75, 3.05) is 19.2 Å². The van der Waals surface area contributed by atoms with E-state index in [1.165, 1.54) is 0 Å². The van der Waals surface area contributed by atoms with Crippen molar-refractivity contribution in [3.63, 3.8) is 0 Å². The van der Waals surface area contributed by atoms with Crippen molar-refractivity contribution in [1.29, 1.82) is 0 Å². The largest absolute Gasteiger partial charge is 0.497 e. The minimum atomic E-state index is 0.432. The van der Waals surface area contributed by atoms with E-state index in [1.54, 1.807) is 20.4 Å². The Morgan fingerprint density at radius 2 is 1.36 bits per heavy atom. The second-order valence-electron chi connectivity index (χ2n) is 5.56. The maximum atomic E-state index is 6.23. The maximum Gasteiger partial charge on any atom is 0.221 e. The summed E-state index contributed by atoms with van der Waals surface area (Å²) < 4.78 is 12.3. The van der Waals surface area contributed by atoms with E-state index in [9.17, 15) is 0 Å². The molecule has 130 valence electrons. The first-order valence-corrected chi connectivity index (χ1v) is 8.27. The van der Waals surface area contributed by atoms with Gasteiger partial charge in [0.1, 0.15) is 11.5 Å². The summed E-state index contributed by atoms with van der Waals surface area (Å²) >= 11 is 6.23. The molecule has 6 heteroatoms. The van der Waals surface area contributed by atoms with Crippen LogP contribution in [0.2, 0.25) is 5.28 Å². The van der Waals surface area contributed by atoms with Gasteiger partial charge in [0.15, 0.2) is 0 Å². The van der Waals surface area contributed by atoms with Gasteiger partial charge in [-0.25, -0.2) is 9.66 Å². The minimum Gasteiger partial charge on any atom is -0.497 e. The van der Waals surface area contributed by atoms with Gasteiger partial charge in [0.05, 0.1) is 27.3 Å². The van der Waals surface area contributed by atoms with Crippen LogP contribution in [0.3, 0.4) is 0 Å². The summed E-state index contributed by atoms with van der Waals surface area (Å²) in [6.45, 7) is 1.37. The number of nitrogens with zero attached hydrogens (tertiary/aromatic N) is 3. The van der Waals surface area contributed by atoms with Crippen LogP contribution >= 0.6 is 11.6 Å². The normalized spacial score (nSPS) is 10.5. The molecule has 0 atom stereocenters. The molecule has 0 spiro atoms. The minimum absolute atomic E-state index is 0.432. The lowest BCUT2D eigenvalue weighted by atomic mass is 10.2. The van der Waals surface area contributed by atoms with Crippen LogP contribution in [-0.4, -0.2) is 23.9 Å². The molecule has 0 N–H and O–H groups in total. The summed E-state index contributed by atoms with van der Waals surface area (Å²) in [7, 11) is 3.33. The molecule has 3 aromatic rings. The van der Waals surface area contributed by atoms with Crippen molar-refractivity contribution >= 4 is 11.6 Å². The SMILES string of the molecule is COc1ccc(CN(Cc2ccc(OC)cc2)n2ccnc2Cl)cc1. The van der Waals surface area contributed by atoms with Gasteiger partial charge < -0.3 is 14.5 Å². The van der Waals surface area contributed by atoms with E-state index in [0.717, 1.165) is 22.6 Å². The highest BCUT2D eigenvalue weighted by molar-refractivity contribution is 6.28. The standard InChI is InChI=1S/C19H20ClN3O2/c1-24-17-7-3-15(4-8-17)13-22(23-12-11-21-19(23)20)14-16-5-9-18(25-2)10-6-16/h3-12H,13-14H2,1-2H3. The van der Waals surface area contributed by atoms with Crippen LogP contribution in [0, 0.1) is 0 Å². The zero-order chi connectivity index (χ0) is 17.6. The number of aromatic nitrogens is 2. The molecule has 0 bridgehead atoms. The molecule has 3 rings (SSSR count). The fourth-order valence-corrected chi connectivity index (χ4v) is 2.80. The Balaban J connectivity index is 1.82. The Labute approximate surface area is 152 Å². The molecule has 25 heavy (non-hydrogen) atoms. The zero-order valence-electron chi connectivity index (χ0n) is 14.2. The number of methoxy groups -OCH3 is 2. The van der Waals surface area contributed by atoms with Gasteiger partial charge in [-0.3, -0.25) is 0 Å². The summed E-state index contributed by atoms with van der Waals surface area (Å²) in [4.78, 5) is 4.12. The lowest BCUT2D eigenvalue weighted by Gasteiger charge is -2.26. The highest BCUT2D eigenvalue weighted by Crippen LogP contribution is 2.18. The summed E-state index contributed by atoms with van der Waals surface area (Å²) in [5.41, 5.74) is 2.30. The topological polar surface area (TPSA) is 39.5 Å². The van der Waals surface area contributed by atoms with Gasteiger partial charge in [-0.15, -0.1) is 0 Å². The third-order valence-electron chi connectivity index (χ3n) is 3.93. The Kier molecular flexibility index (Phi) is 5.46. The average molecular weight is 358 g/mol. The molecule has 0 aliphatic rings. The number of ether oxygens (including phenoxy) is 2. The van der Waals surface area contributed by atoms with E-state index < -0.39 is 0 Å². The molecule has 0 radical (unpaired) electrons. The maximum absolute atomic E-state index is 6.23. The van der Waals surface area contributed by atoms with Crippen LogP contribution < -0.4 is 14.5 Å².